The maximum absolute atomic E-state index is 12.4. The molecule has 0 aliphatic carbocycles. The zero-order chi connectivity index (χ0) is 18.0. The van der Waals surface area contributed by atoms with Crippen molar-refractivity contribution >= 4 is 23.2 Å². The molecule has 0 saturated carbocycles. The Morgan fingerprint density at radius 1 is 1.20 bits per heavy atom. The molecule has 0 radical (unpaired) electrons. The van der Waals surface area contributed by atoms with Crippen molar-refractivity contribution < 1.29 is 14.3 Å². The molecule has 3 rings (SSSR count). The summed E-state index contributed by atoms with van der Waals surface area (Å²) in [5.74, 6) is 0.514. The molecular weight excluding hydrogens is 316 g/mol. The van der Waals surface area contributed by atoms with Crippen LogP contribution >= 0.6 is 0 Å². The van der Waals surface area contributed by atoms with Gasteiger partial charge in [-0.05, 0) is 50.1 Å². The molecule has 1 aliphatic heterocycles. The van der Waals surface area contributed by atoms with Crippen LogP contribution in [-0.4, -0.2) is 18.4 Å². The number of nitrogens with one attached hydrogen (secondary N) is 2. The third kappa shape index (κ3) is 3.36. The highest BCUT2D eigenvalue weighted by atomic mass is 16.5. The molecular formula is C20H22N2O3. The summed E-state index contributed by atoms with van der Waals surface area (Å²) in [6.45, 7) is 6.21. The van der Waals surface area contributed by atoms with Crippen molar-refractivity contribution in [3.8, 4) is 5.75 Å². The number of rotatable bonds is 5. The summed E-state index contributed by atoms with van der Waals surface area (Å²) >= 11 is 0. The van der Waals surface area contributed by atoms with Gasteiger partial charge in [-0.3, -0.25) is 9.59 Å². The van der Waals surface area contributed by atoms with Crippen LogP contribution in [0.2, 0.25) is 0 Å². The van der Waals surface area contributed by atoms with E-state index in [-0.39, 0.29) is 18.2 Å². The molecule has 25 heavy (non-hydrogen) atoms. The fraction of sp³-hybridized carbons (Fsp3) is 0.300. The fourth-order valence-electron chi connectivity index (χ4n) is 2.96. The zero-order valence-electron chi connectivity index (χ0n) is 14.7. The molecule has 1 heterocycles. The van der Waals surface area contributed by atoms with E-state index in [0.717, 1.165) is 16.8 Å². The van der Waals surface area contributed by atoms with Crippen LogP contribution in [0.5, 0.6) is 5.75 Å². The number of carbonyl (C=O) groups excluding carboxylic acids is 2. The van der Waals surface area contributed by atoms with Gasteiger partial charge in [0.15, 0.2) is 0 Å². The molecule has 130 valence electrons. The smallest absolute Gasteiger partial charge is 0.234 e. The molecule has 0 spiro atoms. The van der Waals surface area contributed by atoms with Crippen molar-refractivity contribution in [1.82, 2.24) is 0 Å². The van der Waals surface area contributed by atoms with Crippen LogP contribution in [0.25, 0.3) is 0 Å². The SMILES string of the molecule is CCOc1ccccc1NC(=O)Cc1ccc2c(c1)C(C)(C)C(=O)N2. The van der Waals surface area contributed by atoms with Crippen LogP contribution in [0.15, 0.2) is 42.5 Å². The molecule has 2 amide bonds. The minimum absolute atomic E-state index is 0.0188. The van der Waals surface area contributed by atoms with E-state index in [4.69, 9.17) is 4.74 Å². The molecule has 1 aliphatic rings. The van der Waals surface area contributed by atoms with Gasteiger partial charge in [-0.1, -0.05) is 24.3 Å². The van der Waals surface area contributed by atoms with E-state index >= 15 is 0 Å². The van der Waals surface area contributed by atoms with Gasteiger partial charge >= 0.3 is 0 Å². The molecule has 2 aromatic rings. The van der Waals surface area contributed by atoms with E-state index in [0.29, 0.717) is 18.0 Å². The molecule has 0 atom stereocenters. The fourth-order valence-corrected chi connectivity index (χ4v) is 2.96. The highest BCUT2D eigenvalue weighted by Gasteiger charge is 2.38. The largest absolute Gasteiger partial charge is 0.492 e. The molecule has 0 unspecified atom stereocenters. The monoisotopic (exact) mass is 338 g/mol. The minimum atomic E-state index is -0.580. The van der Waals surface area contributed by atoms with Crippen molar-refractivity contribution in [2.75, 3.05) is 17.2 Å². The summed E-state index contributed by atoms with van der Waals surface area (Å²) in [5.41, 5.74) is 2.70. The molecule has 2 aromatic carbocycles. The lowest BCUT2D eigenvalue weighted by Gasteiger charge is -2.16. The van der Waals surface area contributed by atoms with E-state index in [1.165, 1.54) is 0 Å². The molecule has 0 fully saturated rings. The first kappa shape index (κ1) is 17.0. The van der Waals surface area contributed by atoms with Crippen molar-refractivity contribution in [3.05, 3.63) is 53.6 Å². The van der Waals surface area contributed by atoms with E-state index < -0.39 is 5.41 Å². The van der Waals surface area contributed by atoms with Gasteiger partial charge in [0.25, 0.3) is 0 Å². The predicted octanol–water partition coefficient (Wildman–Crippen LogP) is 3.50. The molecule has 5 heteroatoms. The number of benzene rings is 2. The minimum Gasteiger partial charge on any atom is -0.492 e. The van der Waals surface area contributed by atoms with Gasteiger partial charge in [-0.2, -0.15) is 0 Å². The Morgan fingerprint density at radius 3 is 2.72 bits per heavy atom. The summed E-state index contributed by atoms with van der Waals surface area (Å²) in [6.07, 6.45) is 0.234. The lowest BCUT2D eigenvalue weighted by atomic mass is 9.85. The number of carbonyl (C=O) groups is 2. The number of ether oxygens (including phenoxy) is 1. The second-order valence-corrected chi connectivity index (χ2v) is 6.61. The van der Waals surface area contributed by atoms with Crippen LogP contribution in [0.3, 0.4) is 0 Å². The van der Waals surface area contributed by atoms with Crippen molar-refractivity contribution in [2.45, 2.75) is 32.6 Å². The van der Waals surface area contributed by atoms with Gasteiger partial charge < -0.3 is 15.4 Å². The highest BCUT2D eigenvalue weighted by molar-refractivity contribution is 6.05. The van der Waals surface area contributed by atoms with Gasteiger partial charge in [-0.25, -0.2) is 0 Å². The van der Waals surface area contributed by atoms with E-state index in [1.54, 1.807) is 0 Å². The first-order valence-corrected chi connectivity index (χ1v) is 8.38. The van der Waals surface area contributed by atoms with Crippen LogP contribution in [0, 0.1) is 0 Å². The van der Waals surface area contributed by atoms with E-state index in [2.05, 4.69) is 10.6 Å². The van der Waals surface area contributed by atoms with E-state index in [1.807, 2.05) is 63.2 Å². The van der Waals surface area contributed by atoms with E-state index in [9.17, 15) is 9.59 Å². The zero-order valence-corrected chi connectivity index (χ0v) is 14.7. The molecule has 0 aromatic heterocycles. The van der Waals surface area contributed by atoms with Gasteiger partial charge in [0.2, 0.25) is 11.8 Å². The lowest BCUT2D eigenvalue weighted by molar-refractivity contribution is -0.119. The van der Waals surface area contributed by atoms with Crippen molar-refractivity contribution in [1.29, 1.82) is 0 Å². The third-order valence-electron chi connectivity index (χ3n) is 4.40. The average Bonchev–Trinajstić information content (AvgIpc) is 2.79. The first-order chi connectivity index (χ1) is 11.9. The first-order valence-electron chi connectivity index (χ1n) is 8.38. The van der Waals surface area contributed by atoms with Crippen LogP contribution < -0.4 is 15.4 Å². The standard InChI is InChI=1S/C20H22N2O3/c1-4-25-17-8-6-5-7-16(17)21-18(23)12-13-9-10-15-14(11-13)20(2,3)19(24)22-15/h5-11H,4,12H2,1-3H3,(H,21,23)(H,22,24). The Bertz CT molecular complexity index is 827. The second-order valence-electron chi connectivity index (χ2n) is 6.61. The Balaban J connectivity index is 1.75. The summed E-state index contributed by atoms with van der Waals surface area (Å²) in [5, 5.41) is 5.77. The van der Waals surface area contributed by atoms with Crippen LogP contribution in [-0.2, 0) is 21.4 Å². The van der Waals surface area contributed by atoms with Crippen LogP contribution in [0.4, 0.5) is 11.4 Å². The summed E-state index contributed by atoms with van der Waals surface area (Å²) < 4.78 is 5.53. The highest BCUT2D eigenvalue weighted by Crippen LogP contribution is 2.37. The van der Waals surface area contributed by atoms with Gasteiger partial charge in [-0.15, -0.1) is 0 Å². The van der Waals surface area contributed by atoms with Gasteiger partial charge in [0.1, 0.15) is 5.75 Å². The number of amides is 2. The summed E-state index contributed by atoms with van der Waals surface area (Å²) in [7, 11) is 0. The Labute approximate surface area is 147 Å². The number of hydrogen-bond donors (Lipinski definition) is 2. The molecule has 5 nitrogen and oxygen atoms in total. The van der Waals surface area contributed by atoms with Crippen molar-refractivity contribution in [2.24, 2.45) is 0 Å². The average molecular weight is 338 g/mol. The second kappa shape index (κ2) is 6.59. The maximum Gasteiger partial charge on any atom is 0.234 e. The number of anilines is 2. The summed E-state index contributed by atoms with van der Waals surface area (Å²) in [6, 6.07) is 13.0. The van der Waals surface area contributed by atoms with Gasteiger partial charge in [0.05, 0.1) is 24.1 Å². The summed E-state index contributed by atoms with van der Waals surface area (Å²) in [4.78, 5) is 24.4. The maximum atomic E-state index is 12.4. The Hall–Kier alpha value is -2.82. The lowest BCUT2D eigenvalue weighted by Crippen LogP contribution is -2.27. The van der Waals surface area contributed by atoms with Crippen molar-refractivity contribution in [3.63, 3.8) is 0 Å². The topological polar surface area (TPSA) is 67.4 Å². The Kier molecular flexibility index (Phi) is 4.49. The molecule has 0 saturated heterocycles. The normalized spacial score (nSPS) is 14.6. The van der Waals surface area contributed by atoms with Gasteiger partial charge in [0, 0.05) is 5.69 Å². The third-order valence-corrected chi connectivity index (χ3v) is 4.40. The molecule has 0 bridgehead atoms. The molecule has 2 N–H and O–H groups in total. The number of fused-ring (bicyclic) bond motifs is 1. The quantitative estimate of drug-likeness (QED) is 0.877. The predicted molar refractivity (Wildman–Crippen MR) is 98.0 cm³/mol. The number of hydrogen-bond acceptors (Lipinski definition) is 3. The number of para-hydroxylation sites is 2. The van der Waals surface area contributed by atoms with Crippen LogP contribution in [0.1, 0.15) is 31.9 Å². The Morgan fingerprint density at radius 2 is 1.96 bits per heavy atom.